The van der Waals surface area contributed by atoms with E-state index in [1.54, 1.807) is 6.21 Å². The van der Waals surface area contributed by atoms with Gasteiger partial charge in [0.2, 0.25) is 5.91 Å². The highest BCUT2D eigenvalue weighted by Crippen LogP contribution is 2.23. The summed E-state index contributed by atoms with van der Waals surface area (Å²) in [5.74, 6) is 0.197. The van der Waals surface area contributed by atoms with Crippen LogP contribution in [-0.4, -0.2) is 12.1 Å². The fourth-order valence-corrected chi connectivity index (χ4v) is 3.02. The van der Waals surface area contributed by atoms with E-state index in [0.29, 0.717) is 0 Å². The molecule has 3 nitrogen and oxygen atoms in total. The molecule has 0 spiro atoms. The van der Waals surface area contributed by atoms with Gasteiger partial charge in [0.15, 0.2) is 0 Å². The Kier molecular flexibility index (Phi) is 5.20. The molecular weight excluding hydrogens is 284 g/mol. The first-order chi connectivity index (χ1) is 11.3. The second-order valence-corrected chi connectivity index (χ2v) is 6.06. The van der Waals surface area contributed by atoms with E-state index in [2.05, 4.69) is 34.8 Å². The summed E-state index contributed by atoms with van der Waals surface area (Å²) in [5, 5.41) is 4.09. The number of hydrogen-bond donors (Lipinski definition) is 1. The van der Waals surface area contributed by atoms with E-state index in [-0.39, 0.29) is 11.8 Å². The summed E-state index contributed by atoms with van der Waals surface area (Å²) >= 11 is 0. The molecule has 118 valence electrons. The number of rotatable bonds is 4. The van der Waals surface area contributed by atoms with Gasteiger partial charge in [0.1, 0.15) is 0 Å². The Labute approximate surface area is 137 Å². The van der Waals surface area contributed by atoms with Gasteiger partial charge >= 0.3 is 0 Å². The molecule has 3 heteroatoms. The zero-order chi connectivity index (χ0) is 15.9. The summed E-state index contributed by atoms with van der Waals surface area (Å²) in [6.07, 6.45) is 7.25. The van der Waals surface area contributed by atoms with Gasteiger partial charge in [-0.25, -0.2) is 5.43 Å². The number of nitrogens with zero attached hydrogens (tertiary/aromatic N) is 1. The molecule has 1 saturated carbocycles. The van der Waals surface area contributed by atoms with E-state index in [1.807, 2.05) is 30.3 Å². The van der Waals surface area contributed by atoms with Crippen molar-refractivity contribution in [1.29, 1.82) is 0 Å². The van der Waals surface area contributed by atoms with Crippen LogP contribution < -0.4 is 5.43 Å². The molecule has 0 bridgehead atoms. The van der Waals surface area contributed by atoms with E-state index in [4.69, 9.17) is 0 Å². The largest absolute Gasteiger partial charge is 0.273 e. The number of carbonyl (C=O) groups is 1. The van der Waals surface area contributed by atoms with Crippen LogP contribution in [0.1, 0.15) is 37.7 Å². The molecule has 1 amide bonds. The lowest BCUT2D eigenvalue weighted by Crippen LogP contribution is -2.28. The van der Waals surface area contributed by atoms with Gasteiger partial charge in [-0.3, -0.25) is 4.79 Å². The highest BCUT2D eigenvalue weighted by atomic mass is 16.2. The van der Waals surface area contributed by atoms with Crippen molar-refractivity contribution in [1.82, 2.24) is 5.43 Å². The Bertz CT molecular complexity index is 656. The summed E-state index contributed by atoms with van der Waals surface area (Å²) in [7, 11) is 0. The number of hydrazone groups is 1. The zero-order valence-electron chi connectivity index (χ0n) is 13.2. The minimum Gasteiger partial charge on any atom is -0.273 e. The van der Waals surface area contributed by atoms with Crippen LogP contribution in [0.15, 0.2) is 59.7 Å². The Hall–Kier alpha value is -2.42. The Balaban J connectivity index is 1.56. The highest BCUT2D eigenvalue weighted by Gasteiger charge is 2.20. The lowest BCUT2D eigenvalue weighted by atomic mass is 9.89. The number of hydrogen-bond acceptors (Lipinski definition) is 2. The fourth-order valence-electron chi connectivity index (χ4n) is 3.02. The maximum atomic E-state index is 12.0. The van der Waals surface area contributed by atoms with Crippen molar-refractivity contribution < 1.29 is 4.79 Å². The molecule has 0 aromatic heterocycles. The van der Waals surface area contributed by atoms with Crippen LogP contribution >= 0.6 is 0 Å². The summed E-state index contributed by atoms with van der Waals surface area (Å²) in [5.41, 5.74) is 6.03. The monoisotopic (exact) mass is 306 g/mol. The zero-order valence-corrected chi connectivity index (χ0v) is 13.2. The average molecular weight is 306 g/mol. The van der Waals surface area contributed by atoms with Gasteiger partial charge in [0, 0.05) is 5.92 Å². The third kappa shape index (κ3) is 4.28. The number of nitrogens with one attached hydrogen (secondary N) is 1. The van der Waals surface area contributed by atoms with Crippen molar-refractivity contribution in [3.63, 3.8) is 0 Å². The first-order valence-corrected chi connectivity index (χ1v) is 8.31. The summed E-state index contributed by atoms with van der Waals surface area (Å²) < 4.78 is 0. The lowest BCUT2D eigenvalue weighted by Gasteiger charge is -2.19. The van der Waals surface area contributed by atoms with Gasteiger partial charge in [-0.05, 0) is 29.5 Å². The molecule has 0 aliphatic heterocycles. The highest BCUT2D eigenvalue weighted by molar-refractivity contribution is 5.84. The molecule has 1 aliphatic rings. The molecule has 2 aromatic carbocycles. The first-order valence-electron chi connectivity index (χ1n) is 8.31. The van der Waals surface area contributed by atoms with Gasteiger partial charge in [0.25, 0.3) is 0 Å². The van der Waals surface area contributed by atoms with E-state index in [9.17, 15) is 4.79 Å². The van der Waals surface area contributed by atoms with Crippen LogP contribution in [0.5, 0.6) is 0 Å². The minimum absolute atomic E-state index is 0.0573. The maximum Gasteiger partial charge on any atom is 0.243 e. The average Bonchev–Trinajstić information content (AvgIpc) is 2.64. The molecule has 23 heavy (non-hydrogen) atoms. The molecule has 0 atom stereocenters. The van der Waals surface area contributed by atoms with E-state index in [0.717, 1.165) is 31.2 Å². The predicted octanol–water partition coefficient (Wildman–Crippen LogP) is 4.38. The van der Waals surface area contributed by atoms with E-state index in [1.165, 1.54) is 17.5 Å². The molecule has 0 saturated heterocycles. The van der Waals surface area contributed by atoms with Gasteiger partial charge < -0.3 is 0 Å². The second kappa shape index (κ2) is 7.73. The number of carbonyl (C=O) groups excluding carboxylic acids is 1. The normalized spacial score (nSPS) is 15.7. The Morgan fingerprint density at radius 2 is 1.57 bits per heavy atom. The second-order valence-electron chi connectivity index (χ2n) is 6.06. The standard InChI is InChI=1S/C20H22N2O/c23-20(19-9-5-2-6-10-19)22-21-15-16-11-13-18(14-12-16)17-7-3-1-4-8-17/h1,3-4,7-8,11-15,19H,2,5-6,9-10H2,(H,22,23)/b21-15+. The van der Waals surface area contributed by atoms with Gasteiger partial charge in [-0.1, -0.05) is 73.9 Å². The minimum atomic E-state index is 0.0573. The third-order valence-corrected chi connectivity index (χ3v) is 4.38. The van der Waals surface area contributed by atoms with Crippen molar-refractivity contribution in [2.75, 3.05) is 0 Å². The van der Waals surface area contributed by atoms with Crippen LogP contribution in [-0.2, 0) is 4.79 Å². The third-order valence-electron chi connectivity index (χ3n) is 4.38. The number of amides is 1. The van der Waals surface area contributed by atoms with Gasteiger partial charge in [0.05, 0.1) is 6.21 Å². The molecule has 0 unspecified atom stereocenters. The van der Waals surface area contributed by atoms with Crippen molar-refractivity contribution in [3.8, 4) is 11.1 Å². The van der Waals surface area contributed by atoms with Crippen LogP contribution in [0.4, 0.5) is 0 Å². The molecule has 2 aromatic rings. The van der Waals surface area contributed by atoms with E-state index < -0.39 is 0 Å². The lowest BCUT2D eigenvalue weighted by molar-refractivity contribution is -0.125. The predicted molar refractivity (Wildman–Crippen MR) is 94.2 cm³/mol. The first kappa shape index (κ1) is 15.5. The quantitative estimate of drug-likeness (QED) is 0.661. The molecule has 0 heterocycles. The van der Waals surface area contributed by atoms with Gasteiger partial charge in [-0.15, -0.1) is 0 Å². The van der Waals surface area contributed by atoms with Crippen LogP contribution in [0.25, 0.3) is 11.1 Å². The fraction of sp³-hybridized carbons (Fsp3) is 0.300. The molecular formula is C20H22N2O. The summed E-state index contributed by atoms with van der Waals surface area (Å²) in [6.45, 7) is 0. The van der Waals surface area contributed by atoms with Crippen molar-refractivity contribution in [2.45, 2.75) is 32.1 Å². The smallest absolute Gasteiger partial charge is 0.243 e. The SMILES string of the molecule is O=C(N/N=C/c1ccc(-c2ccccc2)cc1)C1CCCCC1. The molecule has 0 radical (unpaired) electrons. The molecule has 1 aliphatic carbocycles. The van der Waals surface area contributed by atoms with Crippen LogP contribution in [0.2, 0.25) is 0 Å². The molecule has 1 N–H and O–H groups in total. The summed E-state index contributed by atoms with van der Waals surface area (Å²) in [4.78, 5) is 12.0. The molecule has 3 rings (SSSR count). The van der Waals surface area contributed by atoms with Gasteiger partial charge in [-0.2, -0.15) is 5.10 Å². The Morgan fingerprint density at radius 3 is 2.26 bits per heavy atom. The topological polar surface area (TPSA) is 41.5 Å². The number of benzene rings is 2. The van der Waals surface area contributed by atoms with Crippen molar-refractivity contribution in [2.24, 2.45) is 11.0 Å². The van der Waals surface area contributed by atoms with Crippen LogP contribution in [0.3, 0.4) is 0 Å². The van der Waals surface area contributed by atoms with E-state index >= 15 is 0 Å². The van der Waals surface area contributed by atoms with Crippen molar-refractivity contribution in [3.05, 3.63) is 60.2 Å². The molecule has 1 fully saturated rings. The summed E-state index contributed by atoms with van der Waals surface area (Å²) in [6, 6.07) is 18.4. The Morgan fingerprint density at radius 1 is 0.913 bits per heavy atom. The van der Waals surface area contributed by atoms with Crippen LogP contribution in [0, 0.1) is 5.92 Å². The maximum absolute atomic E-state index is 12.0. The van der Waals surface area contributed by atoms with Crippen molar-refractivity contribution >= 4 is 12.1 Å².